The van der Waals surface area contributed by atoms with E-state index in [4.69, 9.17) is 21.1 Å². The predicted octanol–water partition coefficient (Wildman–Crippen LogP) is 0.567. The van der Waals surface area contributed by atoms with E-state index in [2.05, 4.69) is 10.6 Å². The van der Waals surface area contributed by atoms with Gasteiger partial charge in [-0.3, -0.25) is 14.4 Å². The molecule has 1 atom stereocenters. The molecule has 9 nitrogen and oxygen atoms in total. The van der Waals surface area contributed by atoms with E-state index in [9.17, 15) is 19.2 Å². The molecule has 0 saturated carbocycles. The van der Waals surface area contributed by atoms with Crippen molar-refractivity contribution in [3.63, 3.8) is 0 Å². The number of hydrogen-bond donors (Lipinski definition) is 2. The number of halogens is 1. The van der Waals surface area contributed by atoms with Crippen molar-refractivity contribution in [3.05, 3.63) is 23.2 Å². The molecule has 1 aliphatic heterocycles. The summed E-state index contributed by atoms with van der Waals surface area (Å²) in [6.07, 6.45) is 0.590. The van der Waals surface area contributed by atoms with Gasteiger partial charge in [0.1, 0.15) is 11.8 Å². The summed E-state index contributed by atoms with van der Waals surface area (Å²) in [5.74, 6) is -1.50. The monoisotopic (exact) mass is 397 g/mol. The number of nitrogens with one attached hydrogen (secondary N) is 2. The first-order valence-corrected chi connectivity index (χ1v) is 8.51. The molecule has 2 N–H and O–H groups in total. The van der Waals surface area contributed by atoms with Crippen LogP contribution in [-0.4, -0.2) is 61.9 Å². The molecular weight excluding hydrogens is 378 g/mol. The van der Waals surface area contributed by atoms with Crippen molar-refractivity contribution in [1.29, 1.82) is 0 Å². The summed E-state index contributed by atoms with van der Waals surface area (Å²) in [5.41, 5.74) is 0.374. The van der Waals surface area contributed by atoms with Crippen molar-refractivity contribution in [2.24, 2.45) is 0 Å². The Labute approximate surface area is 160 Å². The second-order valence-electron chi connectivity index (χ2n) is 5.91. The molecule has 0 radical (unpaired) electrons. The van der Waals surface area contributed by atoms with E-state index in [-0.39, 0.29) is 18.9 Å². The summed E-state index contributed by atoms with van der Waals surface area (Å²) in [7, 11) is 2.86. The fourth-order valence-electron chi connectivity index (χ4n) is 2.41. The topological polar surface area (TPSA) is 114 Å². The summed E-state index contributed by atoms with van der Waals surface area (Å²) in [5, 5.41) is 5.48. The first-order valence-electron chi connectivity index (χ1n) is 8.13. The number of likely N-dealkylation sites (N-methyl/N-ethyl adjacent to an activating group) is 1. The first kappa shape index (κ1) is 20.5. The van der Waals surface area contributed by atoms with E-state index in [0.717, 1.165) is 4.90 Å². The van der Waals surface area contributed by atoms with Gasteiger partial charge in [0.05, 0.1) is 19.3 Å². The third-order valence-electron chi connectivity index (χ3n) is 3.86. The molecule has 0 aliphatic carbocycles. The Kier molecular flexibility index (Phi) is 7.00. The molecule has 0 spiro atoms. The van der Waals surface area contributed by atoms with Crippen LogP contribution >= 0.6 is 11.6 Å². The highest BCUT2D eigenvalue weighted by atomic mass is 35.5. The second-order valence-corrected chi connectivity index (χ2v) is 6.35. The maximum atomic E-state index is 12.1. The van der Waals surface area contributed by atoms with Gasteiger partial charge in [0.25, 0.3) is 5.91 Å². The van der Waals surface area contributed by atoms with Crippen molar-refractivity contribution in [2.75, 3.05) is 32.6 Å². The van der Waals surface area contributed by atoms with Crippen molar-refractivity contribution >= 4 is 41.0 Å². The molecule has 3 amide bonds. The number of nitrogens with zero attached hydrogens (tertiary/aromatic N) is 1. The van der Waals surface area contributed by atoms with Gasteiger partial charge in [0.2, 0.25) is 11.8 Å². The molecule has 1 aromatic carbocycles. The average Bonchev–Trinajstić information content (AvgIpc) is 3.06. The maximum absolute atomic E-state index is 12.1. The zero-order valence-electron chi connectivity index (χ0n) is 14.9. The van der Waals surface area contributed by atoms with Gasteiger partial charge in [-0.2, -0.15) is 0 Å². The van der Waals surface area contributed by atoms with E-state index < -0.39 is 30.4 Å². The molecule has 1 heterocycles. The Morgan fingerprint density at radius 1 is 1.37 bits per heavy atom. The number of methoxy groups -OCH3 is 1. The van der Waals surface area contributed by atoms with Crippen molar-refractivity contribution in [2.45, 2.75) is 18.9 Å². The quantitative estimate of drug-likeness (QED) is 0.650. The number of amides is 3. The lowest BCUT2D eigenvalue weighted by Gasteiger charge is -2.18. The standard InChI is InChI=1S/C17H20ClN3O6/c1-21(16(24)9-27-17(25)11-4-6-14(22)19-11)8-15(23)20-12-7-10(18)3-5-13(12)26-2/h3,5,7,11H,4,6,8-9H2,1-2H3,(H,19,22)(H,20,23)/t11-/m1/s1. The Bertz CT molecular complexity index is 754. The van der Waals surface area contributed by atoms with Gasteiger partial charge in [-0.1, -0.05) is 11.6 Å². The number of ether oxygens (including phenoxy) is 2. The van der Waals surface area contributed by atoms with Crippen LogP contribution in [0, 0.1) is 0 Å². The van der Waals surface area contributed by atoms with Crippen molar-refractivity contribution in [1.82, 2.24) is 10.2 Å². The van der Waals surface area contributed by atoms with Crippen molar-refractivity contribution < 1.29 is 28.7 Å². The van der Waals surface area contributed by atoms with Crippen LogP contribution in [0.5, 0.6) is 5.75 Å². The molecule has 0 unspecified atom stereocenters. The highest BCUT2D eigenvalue weighted by molar-refractivity contribution is 6.31. The van der Waals surface area contributed by atoms with Crippen LogP contribution in [0.3, 0.4) is 0 Å². The van der Waals surface area contributed by atoms with E-state index >= 15 is 0 Å². The number of carbonyl (C=O) groups excluding carboxylic acids is 4. The molecule has 1 fully saturated rings. The molecule has 146 valence electrons. The molecule has 2 rings (SSSR count). The summed E-state index contributed by atoms with van der Waals surface area (Å²) < 4.78 is 10.0. The van der Waals surface area contributed by atoms with Crippen LogP contribution in [-0.2, 0) is 23.9 Å². The van der Waals surface area contributed by atoms with Gasteiger partial charge >= 0.3 is 5.97 Å². The van der Waals surface area contributed by atoms with Gasteiger partial charge in [-0.15, -0.1) is 0 Å². The summed E-state index contributed by atoms with van der Waals surface area (Å²) in [4.78, 5) is 48.1. The van der Waals surface area contributed by atoms with Crippen LogP contribution in [0.4, 0.5) is 5.69 Å². The number of anilines is 1. The molecule has 1 saturated heterocycles. The minimum absolute atomic E-state index is 0.228. The maximum Gasteiger partial charge on any atom is 0.329 e. The average molecular weight is 398 g/mol. The zero-order chi connectivity index (χ0) is 20.0. The van der Waals surface area contributed by atoms with E-state index in [1.807, 2.05) is 0 Å². The summed E-state index contributed by atoms with van der Waals surface area (Å²) >= 11 is 5.90. The molecule has 1 aliphatic rings. The Morgan fingerprint density at radius 2 is 2.11 bits per heavy atom. The van der Waals surface area contributed by atoms with Gasteiger partial charge in [-0.05, 0) is 24.6 Å². The first-order chi connectivity index (χ1) is 12.8. The lowest BCUT2D eigenvalue weighted by molar-refractivity contribution is -0.153. The fraction of sp³-hybridized carbons (Fsp3) is 0.412. The summed E-state index contributed by atoms with van der Waals surface area (Å²) in [6, 6.07) is 4.02. The van der Waals surface area contributed by atoms with Crippen LogP contribution in [0.15, 0.2) is 18.2 Å². The predicted molar refractivity (Wildman–Crippen MR) is 96.4 cm³/mol. The largest absolute Gasteiger partial charge is 0.495 e. The Morgan fingerprint density at radius 3 is 2.74 bits per heavy atom. The molecule has 27 heavy (non-hydrogen) atoms. The second kappa shape index (κ2) is 9.22. The number of hydrogen-bond acceptors (Lipinski definition) is 6. The van der Waals surface area contributed by atoms with E-state index in [0.29, 0.717) is 22.9 Å². The zero-order valence-corrected chi connectivity index (χ0v) is 15.7. The van der Waals surface area contributed by atoms with Crippen LogP contribution in [0.25, 0.3) is 0 Å². The summed E-state index contributed by atoms with van der Waals surface area (Å²) in [6.45, 7) is -0.776. The Hall–Kier alpha value is -2.81. The van der Waals surface area contributed by atoms with Gasteiger partial charge in [0, 0.05) is 18.5 Å². The highest BCUT2D eigenvalue weighted by Gasteiger charge is 2.29. The highest BCUT2D eigenvalue weighted by Crippen LogP contribution is 2.27. The van der Waals surface area contributed by atoms with Gasteiger partial charge < -0.3 is 25.0 Å². The van der Waals surface area contributed by atoms with Gasteiger partial charge in [-0.25, -0.2) is 4.79 Å². The smallest absolute Gasteiger partial charge is 0.329 e. The molecular formula is C17H20ClN3O6. The van der Waals surface area contributed by atoms with Crippen LogP contribution in [0.2, 0.25) is 5.02 Å². The molecule has 10 heteroatoms. The van der Waals surface area contributed by atoms with Crippen molar-refractivity contribution in [3.8, 4) is 5.75 Å². The normalized spacial score (nSPS) is 15.7. The number of esters is 1. The number of benzene rings is 1. The Balaban J connectivity index is 1.81. The third kappa shape index (κ3) is 5.85. The van der Waals surface area contributed by atoms with E-state index in [1.165, 1.54) is 20.2 Å². The molecule has 0 bridgehead atoms. The van der Waals surface area contributed by atoms with Crippen LogP contribution in [0.1, 0.15) is 12.8 Å². The lowest BCUT2D eigenvalue weighted by Crippen LogP contribution is -2.40. The van der Waals surface area contributed by atoms with Gasteiger partial charge in [0.15, 0.2) is 6.61 Å². The third-order valence-corrected chi connectivity index (χ3v) is 4.09. The number of carbonyl (C=O) groups is 4. The van der Waals surface area contributed by atoms with E-state index in [1.54, 1.807) is 12.1 Å². The van der Waals surface area contributed by atoms with Crippen LogP contribution < -0.4 is 15.4 Å². The fourth-order valence-corrected chi connectivity index (χ4v) is 2.58. The molecule has 0 aromatic heterocycles. The number of rotatable bonds is 7. The lowest BCUT2D eigenvalue weighted by atomic mass is 10.2. The molecule has 1 aromatic rings. The minimum atomic E-state index is -0.728. The SMILES string of the molecule is COc1ccc(Cl)cc1NC(=O)CN(C)C(=O)COC(=O)[C@H]1CCC(=O)N1. The minimum Gasteiger partial charge on any atom is -0.495 e.